The molecule has 0 radical (unpaired) electrons. The van der Waals surface area contributed by atoms with Crippen LogP contribution in [0.2, 0.25) is 0 Å². The van der Waals surface area contributed by atoms with Crippen LogP contribution >= 0.6 is 34.0 Å². The molecule has 0 bridgehead atoms. The van der Waals surface area contributed by atoms with Crippen LogP contribution in [0.3, 0.4) is 0 Å². The first kappa shape index (κ1) is 72.4. The maximum atomic E-state index is 5.78. The number of thiophene rings is 3. The van der Waals surface area contributed by atoms with E-state index >= 15 is 0 Å². The first-order valence-electron chi connectivity index (χ1n) is 37.1. The van der Waals surface area contributed by atoms with Gasteiger partial charge in [0.05, 0.1) is 0 Å². The molecule has 0 atom stereocenters. The smallest absolute Gasteiger partial charge is 0.138 e. The number of fused-ring (bicyclic) bond motifs is 19. The van der Waals surface area contributed by atoms with E-state index in [4.69, 9.17) is 13.3 Å². The van der Waals surface area contributed by atoms with Gasteiger partial charge in [0.1, 0.15) is 33.5 Å². The Labute approximate surface area is 648 Å². The molecule has 0 aliphatic heterocycles. The number of furan rings is 3. The fraction of sp³-hybridized carbons (Fsp3) is 0.0874. The molecule has 0 spiro atoms. The summed E-state index contributed by atoms with van der Waals surface area (Å²) in [6.45, 7) is 19.0. The Morgan fingerprint density at radius 2 is 0.569 bits per heavy atom. The van der Waals surface area contributed by atoms with Crippen molar-refractivity contribution in [1.29, 1.82) is 0 Å². The topological polar surface area (TPSA) is 39.4 Å². The van der Waals surface area contributed by atoms with Gasteiger partial charge >= 0.3 is 0 Å². The highest BCUT2D eigenvalue weighted by molar-refractivity contribution is 7.26. The molecule has 0 unspecified atom stereocenters. The Kier molecular flexibility index (Phi) is 21.9. The third-order valence-corrected chi connectivity index (χ3v) is 23.3. The van der Waals surface area contributed by atoms with Gasteiger partial charge in [-0.15, -0.1) is 34.0 Å². The predicted octanol–water partition coefficient (Wildman–Crippen LogP) is 31.9. The first-order chi connectivity index (χ1) is 53.2. The number of benzene rings is 16. The van der Waals surface area contributed by atoms with Crippen LogP contribution < -0.4 is 0 Å². The standard InChI is InChI=1S/C17H14.3C13H10O.3C13H10S.C8H10/c1-13-7-8-17-12-16(10-9-15(17)11-13)14-5-3-2-4-6-14;1-9-5-4-7-11-10-6-2-3-8-12(10)14-13(9)11;1-9-6-7-13-11(8-9)10-4-2-3-5-12(10)14-13;1-9-6-7-11-10-4-2-3-5-12(10)14-13(11)8-9;1-9-5-4-7-11-10-6-2-3-8-12(10)14-13(9)11;1-9-6-7-13-11(8-9)10-4-2-3-5-12(10)14-13;1-9-6-7-11-10-4-2-3-5-12(10)14-13(11)8-9;1-7-3-5-8(2)6-4-7/h2-12H,1H3;6*2-8H,1H3;3-6H,1-2H3. The van der Waals surface area contributed by atoms with E-state index in [1.54, 1.807) is 0 Å². The minimum Gasteiger partial charge on any atom is -0.456 e. The summed E-state index contributed by atoms with van der Waals surface area (Å²) in [7, 11) is 0. The lowest BCUT2D eigenvalue weighted by atomic mass is 10.0. The zero-order chi connectivity index (χ0) is 74.9. The van der Waals surface area contributed by atoms with Gasteiger partial charge in [-0.3, -0.25) is 0 Å². The van der Waals surface area contributed by atoms with Gasteiger partial charge in [-0.2, -0.15) is 0 Å². The van der Waals surface area contributed by atoms with Gasteiger partial charge in [0.15, 0.2) is 0 Å². The molecular formula is C103H84O3S3. The van der Waals surface area contributed by atoms with Gasteiger partial charge < -0.3 is 13.3 Å². The summed E-state index contributed by atoms with van der Waals surface area (Å²) in [6.07, 6.45) is 0. The molecule has 3 nitrogen and oxygen atoms in total. The molecule has 109 heavy (non-hydrogen) atoms. The summed E-state index contributed by atoms with van der Waals surface area (Å²) in [5, 5.41) is 18.2. The second kappa shape index (κ2) is 32.9. The van der Waals surface area contributed by atoms with Gasteiger partial charge in [-0.1, -0.05) is 295 Å². The molecule has 0 fully saturated rings. The molecule has 0 aliphatic rings. The minimum absolute atomic E-state index is 0.966. The van der Waals surface area contributed by atoms with Crippen LogP contribution in [0.15, 0.2) is 359 Å². The van der Waals surface area contributed by atoms with Crippen LogP contribution in [0.5, 0.6) is 0 Å². The Morgan fingerprint density at radius 1 is 0.183 bits per heavy atom. The Bertz CT molecular complexity index is 6520. The van der Waals surface area contributed by atoms with Crippen molar-refractivity contribution in [3.8, 4) is 11.1 Å². The lowest BCUT2D eigenvalue weighted by Crippen LogP contribution is -1.79. The Hall–Kier alpha value is -12.2. The van der Waals surface area contributed by atoms with Crippen molar-refractivity contribution < 1.29 is 13.3 Å². The van der Waals surface area contributed by atoms with Gasteiger partial charge in [-0.05, 0) is 185 Å². The van der Waals surface area contributed by atoms with E-state index in [1.165, 1.54) is 165 Å². The molecule has 6 heteroatoms. The SMILES string of the molecule is Cc1ccc(C)cc1.Cc1ccc2c(c1)oc1ccccc12.Cc1ccc2c(c1)sc1ccccc12.Cc1ccc2cc(-c3ccccc3)ccc2c1.Cc1ccc2oc3ccccc3c2c1.Cc1ccc2sc3ccccc3c2c1.Cc1cccc2c1oc1ccccc12.Cc1cccc2c1sc1ccccc12. The van der Waals surface area contributed by atoms with Crippen molar-refractivity contribution in [1.82, 2.24) is 0 Å². The largest absolute Gasteiger partial charge is 0.456 e. The lowest BCUT2D eigenvalue weighted by molar-refractivity contribution is 0.665. The van der Waals surface area contributed by atoms with Crippen molar-refractivity contribution in [3.63, 3.8) is 0 Å². The average molecular weight is 1470 g/mol. The molecule has 16 aromatic carbocycles. The van der Waals surface area contributed by atoms with Crippen molar-refractivity contribution in [2.45, 2.75) is 62.3 Å². The van der Waals surface area contributed by atoms with Crippen LogP contribution in [-0.2, 0) is 0 Å². The predicted molar refractivity (Wildman–Crippen MR) is 478 cm³/mol. The Morgan fingerprint density at radius 3 is 1.23 bits per heavy atom. The molecule has 0 saturated heterocycles. The highest BCUT2D eigenvalue weighted by Crippen LogP contribution is 2.39. The van der Waals surface area contributed by atoms with E-state index in [-0.39, 0.29) is 0 Å². The van der Waals surface area contributed by atoms with E-state index in [0.29, 0.717) is 0 Å². The zero-order valence-corrected chi connectivity index (χ0v) is 65.3. The van der Waals surface area contributed by atoms with Gasteiger partial charge in [0.2, 0.25) is 0 Å². The molecule has 6 heterocycles. The summed E-state index contributed by atoms with van der Waals surface area (Å²) < 4.78 is 25.6. The molecule has 532 valence electrons. The quantitative estimate of drug-likeness (QED) is 0.164. The summed E-state index contributed by atoms with van der Waals surface area (Å²) in [6, 6.07) is 121. The fourth-order valence-corrected chi connectivity index (χ4v) is 17.4. The molecule has 6 aromatic heterocycles. The lowest BCUT2D eigenvalue weighted by Gasteiger charge is -2.04. The van der Waals surface area contributed by atoms with Crippen LogP contribution in [0.25, 0.3) is 148 Å². The van der Waals surface area contributed by atoms with Gasteiger partial charge in [0, 0.05) is 92.8 Å². The molecule has 22 rings (SSSR count). The second-order valence-electron chi connectivity index (χ2n) is 28.1. The average Bonchev–Trinajstić information content (AvgIpc) is 1.62. The number of para-hydroxylation sites is 4. The maximum absolute atomic E-state index is 5.78. The number of hydrogen-bond acceptors (Lipinski definition) is 6. The summed E-state index contributed by atoms with van der Waals surface area (Å²) >= 11 is 5.63. The first-order valence-corrected chi connectivity index (χ1v) is 39.5. The number of hydrogen-bond donors (Lipinski definition) is 0. The molecule has 0 saturated carbocycles. The van der Waals surface area contributed by atoms with E-state index in [1.807, 2.05) is 101 Å². The van der Waals surface area contributed by atoms with E-state index in [2.05, 4.69) is 341 Å². The molecule has 22 aromatic rings. The minimum atomic E-state index is 0.966. The third kappa shape index (κ3) is 16.5. The number of aryl methyl sites for hydroxylation is 9. The zero-order valence-electron chi connectivity index (χ0n) is 62.9. The maximum Gasteiger partial charge on any atom is 0.138 e. The summed E-state index contributed by atoms with van der Waals surface area (Å²) in [4.78, 5) is 0. The van der Waals surface area contributed by atoms with Crippen LogP contribution in [-0.4, -0.2) is 0 Å². The van der Waals surface area contributed by atoms with Gasteiger partial charge in [-0.25, -0.2) is 0 Å². The van der Waals surface area contributed by atoms with Crippen molar-refractivity contribution in [3.05, 3.63) is 396 Å². The monoisotopic (exact) mass is 1460 g/mol. The third-order valence-electron chi connectivity index (χ3n) is 19.7. The highest BCUT2D eigenvalue weighted by Gasteiger charge is 2.11. The highest BCUT2D eigenvalue weighted by atomic mass is 32.1. The van der Waals surface area contributed by atoms with Crippen molar-refractivity contribution in [2.75, 3.05) is 0 Å². The van der Waals surface area contributed by atoms with Crippen molar-refractivity contribution >= 4 is 171 Å². The van der Waals surface area contributed by atoms with Crippen molar-refractivity contribution in [2.24, 2.45) is 0 Å². The molecule has 0 aliphatic carbocycles. The van der Waals surface area contributed by atoms with E-state index in [0.717, 1.165) is 33.5 Å². The summed E-state index contributed by atoms with van der Waals surface area (Å²) in [5.41, 5.74) is 20.1. The Balaban J connectivity index is 0.0000000996. The normalized spacial score (nSPS) is 11.0. The summed E-state index contributed by atoms with van der Waals surface area (Å²) in [5.74, 6) is 0. The fourth-order valence-electron chi connectivity index (χ4n) is 13.9. The molecule has 0 N–H and O–H groups in total. The van der Waals surface area contributed by atoms with Crippen LogP contribution in [0, 0.1) is 62.3 Å². The molecular weight excluding hydrogens is 1380 g/mol. The van der Waals surface area contributed by atoms with Gasteiger partial charge in [0.25, 0.3) is 0 Å². The van der Waals surface area contributed by atoms with Crippen LogP contribution in [0.4, 0.5) is 0 Å². The van der Waals surface area contributed by atoms with E-state index < -0.39 is 0 Å². The second-order valence-corrected chi connectivity index (χ2v) is 31.3. The number of rotatable bonds is 1. The van der Waals surface area contributed by atoms with E-state index in [9.17, 15) is 0 Å². The van der Waals surface area contributed by atoms with Crippen LogP contribution in [0.1, 0.15) is 50.1 Å². The molecule has 0 amide bonds.